The summed E-state index contributed by atoms with van der Waals surface area (Å²) in [5.41, 5.74) is 4.92. The summed E-state index contributed by atoms with van der Waals surface area (Å²) < 4.78 is 8.12. The van der Waals surface area contributed by atoms with Crippen LogP contribution in [-0.2, 0) is 13.1 Å². The van der Waals surface area contributed by atoms with Gasteiger partial charge in [-0.25, -0.2) is 4.98 Å². The number of carbonyl (C=O) groups excluding carboxylic acids is 1. The third-order valence-electron chi connectivity index (χ3n) is 5.24. The average Bonchev–Trinajstić information content (AvgIpc) is 3.12. The lowest BCUT2D eigenvalue weighted by atomic mass is 10.1. The number of aromatic nitrogens is 2. The maximum absolute atomic E-state index is 12.5. The van der Waals surface area contributed by atoms with E-state index in [-0.39, 0.29) is 5.91 Å². The monoisotopic (exact) mass is 447 g/mol. The molecule has 0 saturated carbocycles. The van der Waals surface area contributed by atoms with E-state index in [9.17, 15) is 4.79 Å². The molecular weight excluding hydrogens is 422 g/mol. The number of hydrogen-bond donors (Lipinski definition) is 1. The number of amides is 1. The van der Waals surface area contributed by atoms with E-state index < -0.39 is 0 Å². The van der Waals surface area contributed by atoms with Crippen LogP contribution in [0, 0.1) is 13.8 Å². The van der Waals surface area contributed by atoms with Gasteiger partial charge in [0.25, 0.3) is 5.91 Å². The van der Waals surface area contributed by atoms with E-state index in [1.807, 2.05) is 18.2 Å². The Labute approximate surface area is 193 Å². The summed E-state index contributed by atoms with van der Waals surface area (Å²) in [5, 5.41) is 3.57. The molecule has 1 heterocycles. The van der Waals surface area contributed by atoms with Crippen molar-refractivity contribution in [1.82, 2.24) is 14.9 Å². The predicted octanol–water partition coefficient (Wildman–Crippen LogP) is 5.71. The Morgan fingerprint density at radius 3 is 2.50 bits per heavy atom. The second-order valence-electron chi connectivity index (χ2n) is 7.88. The van der Waals surface area contributed by atoms with Gasteiger partial charge in [-0.05, 0) is 79.9 Å². The van der Waals surface area contributed by atoms with Gasteiger partial charge in [0.05, 0.1) is 24.2 Å². The molecule has 0 radical (unpaired) electrons. The van der Waals surface area contributed by atoms with Crippen molar-refractivity contribution in [1.29, 1.82) is 0 Å². The van der Waals surface area contributed by atoms with Gasteiger partial charge in [-0.1, -0.05) is 29.8 Å². The van der Waals surface area contributed by atoms with Crippen LogP contribution in [-0.4, -0.2) is 22.1 Å². The number of carbonyl (C=O) groups is 1. The number of ether oxygens (including phenoxy) is 1. The zero-order valence-corrected chi connectivity index (χ0v) is 19.0. The average molecular weight is 448 g/mol. The van der Waals surface area contributed by atoms with E-state index in [0.29, 0.717) is 23.7 Å². The maximum atomic E-state index is 12.5. The van der Waals surface area contributed by atoms with Crippen molar-refractivity contribution in [2.75, 3.05) is 6.61 Å². The molecule has 164 valence electrons. The van der Waals surface area contributed by atoms with Crippen molar-refractivity contribution in [2.24, 2.45) is 0 Å². The van der Waals surface area contributed by atoms with E-state index in [4.69, 9.17) is 21.3 Å². The Hall–Kier alpha value is -3.31. The number of nitrogens with zero attached hydrogens (tertiary/aromatic N) is 2. The molecule has 0 saturated heterocycles. The van der Waals surface area contributed by atoms with Crippen LogP contribution in [0.25, 0.3) is 11.0 Å². The van der Waals surface area contributed by atoms with Gasteiger partial charge in [-0.3, -0.25) is 4.79 Å². The van der Waals surface area contributed by atoms with Gasteiger partial charge in [0.2, 0.25) is 0 Å². The molecule has 0 unspecified atom stereocenters. The molecule has 0 bridgehead atoms. The van der Waals surface area contributed by atoms with Gasteiger partial charge in [0, 0.05) is 17.1 Å². The van der Waals surface area contributed by atoms with Gasteiger partial charge in [0.1, 0.15) is 11.6 Å². The minimum Gasteiger partial charge on any atom is -0.494 e. The highest BCUT2D eigenvalue weighted by molar-refractivity contribution is 6.30. The second-order valence-corrected chi connectivity index (χ2v) is 8.32. The number of nitrogens with one attached hydrogen (secondary N) is 1. The summed E-state index contributed by atoms with van der Waals surface area (Å²) in [5.74, 6) is 1.56. The Morgan fingerprint density at radius 1 is 1.03 bits per heavy atom. The number of rotatable bonds is 8. The highest BCUT2D eigenvalue weighted by Crippen LogP contribution is 2.19. The molecule has 4 aromatic rings. The number of halogens is 1. The molecule has 4 rings (SSSR count). The van der Waals surface area contributed by atoms with Crippen LogP contribution in [0.15, 0.2) is 66.7 Å². The molecular formula is C26H26ClN3O2. The number of imidazole rings is 1. The van der Waals surface area contributed by atoms with E-state index in [1.54, 1.807) is 24.3 Å². The van der Waals surface area contributed by atoms with E-state index >= 15 is 0 Å². The summed E-state index contributed by atoms with van der Waals surface area (Å²) in [4.78, 5) is 17.3. The fourth-order valence-electron chi connectivity index (χ4n) is 3.80. The smallest absolute Gasteiger partial charge is 0.251 e. The summed E-state index contributed by atoms with van der Waals surface area (Å²) in [6, 6.07) is 21.1. The molecule has 0 spiro atoms. The molecule has 0 aliphatic rings. The first-order valence-corrected chi connectivity index (χ1v) is 11.1. The Kier molecular flexibility index (Phi) is 6.76. The van der Waals surface area contributed by atoms with Crippen molar-refractivity contribution in [3.05, 3.63) is 94.3 Å². The lowest BCUT2D eigenvalue weighted by Crippen LogP contribution is -2.25. The van der Waals surface area contributed by atoms with Crippen LogP contribution >= 0.6 is 11.6 Å². The van der Waals surface area contributed by atoms with Crippen molar-refractivity contribution in [2.45, 2.75) is 33.4 Å². The van der Waals surface area contributed by atoms with Crippen molar-refractivity contribution in [3.63, 3.8) is 0 Å². The normalized spacial score (nSPS) is 11.0. The zero-order valence-electron chi connectivity index (χ0n) is 18.3. The molecule has 3 aromatic carbocycles. The molecule has 6 heteroatoms. The minimum absolute atomic E-state index is 0.154. The first-order valence-electron chi connectivity index (χ1n) is 10.7. The lowest BCUT2D eigenvalue weighted by Gasteiger charge is -2.12. The molecule has 1 N–H and O–H groups in total. The second kappa shape index (κ2) is 9.88. The number of fused-ring (bicyclic) bond motifs is 1. The van der Waals surface area contributed by atoms with Gasteiger partial charge < -0.3 is 14.6 Å². The quantitative estimate of drug-likeness (QED) is 0.352. The van der Waals surface area contributed by atoms with Crippen molar-refractivity contribution >= 4 is 28.5 Å². The molecule has 0 aliphatic heterocycles. The van der Waals surface area contributed by atoms with Crippen LogP contribution in [0.2, 0.25) is 5.02 Å². The van der Waals surface area contributed by atoms with Crippen LogP contribution in [0.3, 0.4) is 0 Å². The van der Waals surface area contributed by atoms with Gasteiger partial charge in [-0.2, -0.15) is 0 Å². The van der Waals surface area contributed by atoms with Crippen LogP contribution in [0.5, 0.6) is 5.75 Å². The molecule has 1 aromatic heterocycles. The third-order valence-corrected chi connectivity index (χ3v) is 5.49. The van der Waals surface area contributed by atoms with Gasteiger partial charge in [0.15, 0.2) is 0 Å². The summed E-state index contributed by atoms with van der Waals surface area (Å²) in [7, 11) is 0. The maximum Gasteiger partial charge on any atom is 0.251 e. The molecule has 1 amide bonds. The SMILES string of the molecule is Cc1cc(C)cc(OCCCn2c(CNC(=O)c3ccc(Cl)cc3)nc3ccccc32)c1. The van der Waals surface area contributed by atoms with Gasteiger partial charge >= 0.3 is 0 Å². The fourth-order valence-corrected chi connectivity index (χ4v) is 3.93. The first-order chi connectivity index (χ1) is 15.5. The summed E-state index contributed by atoms with van der Waals surface area (Å²) in [6.07, 6.45) is 0.825. The van der Waals surface area contributed by atoms with E-state index in [0.717, 1.165) is 35.6 Å². The number of benzene rings is 3. The standard InChI is InChI=1S/C26H26ClN3O2/c1-18-14-19(2)16-22(15-18)32-13-5-12-30-24-7-4-3-6-23(24)29-25(30)17-28-26(31)20-8-10-21(27)11-9-20/h3-4,6-11,14-16H,5,12-13,17H2,1-2H3,(H,28,31). The highest BCUT2D eigenvalue weighted by Gasteiger charge is 2.12. The van der Waals surface area contributed by atoms with Crippen molar-refractivity contribution in [3.8, 4) is 5.75 Å². The molecule has 0 fully saturated rings. The largest absolute Gasteiger partial charge is 0.494 e. The van der Waals surface area contributed by atoms with E-state index in [1.165, 1.54) is 11.1 Å². The summed E-state index contributed by atoms with van der Waals surface area (Å²) in [6.45, 7) is 5.84. The van der Waals surface area contributed by atoms with Crippen LogP contribution < -0.4 is 10.1 Å². The Morgan fingerprint density at radius 2 is 1.75 bits per heavy atom. The number of aryl methyl sites for hydroxylation is 3. The highest BCUT2D eigenvalue weighted by atomic mass is 35.5. The fraction of sp³-hybridized carbons (Fsp3) is 0.231. The molecule has 0 atom stereocenters. The molecule has 5 nitrogen and oxygen atoms in total. The van der Waals surface area contributed by atoms with E-state index in [2.05, 4.69) is 48.0 Å². The summed E-state index contributed by atoms with van der Waals surface area (Å²) >= 11 is 5.91. The first kappa shape index (κ1) is 21.9. The van der Waals surface area contributed by atoms with Crippen molar-refractivity contribution < 1.29 is 9.53 Å². The molecule has 0 aliphatic carbocycles. The predicted molar refractivity (Wildman–Crippen MR) is 128 cm³/mol. The zero-order chi connectivity index (χ0) is 22.5. The Bertz CT molecular complexity index is 1210. The molecule has 32 heavy (non-hydrogen) atoms. The number of hydrogen-bond acceptors (Lipinski definition) is 3. The van der Waals surface area contributed by atoms with Gasteiger partial charge in [-0.15, -0.1) is 0 Å². The van der Waals surface area contributed by atoms with Crippen LogP contribution in [0.4, 0.5) is 0 Å². The Balaban J connectivity index is 1.42. The minimum atomic E-state index is -0.154. The topological polar surface area (TPSA) is 56.1 Å². The lowest BCUT2D eigenvalue weighted by molar-refractivity contribution is 0.0949. The van der Waals surface area contributed by atoms with Crippen LogP contribution in [0.1, 0.15) is 33.7 Å². The number of para-hydroxylation sites is 2. The third kappa shape index (κ3) is 5.29.